The second-order valence-corrected chi connectivity index (χ2v) is 7.98. The Balaban J connectivity index is 1.83. The first-order chi connectivity index (χ1) is 15.0. The van der Waals surface area contributed by atoms with Crippen molar-refractivity contribution in [3.05, 3.63) is 59.0 Å². The number of nitrogens with one attached hydrogen (secondary N) is 1. The second-order valence-electron chi connectivity index (χ2n) is 7.98. The van der Waals surface area contributed by atoms with E-state index < -0.39 is 5.82 Å². The molecule has 3 N–H and O–H groups in total. The molecule has 6 nitrogen and oxygen atoms in total. The molecule has 0 saturated carbocycles. The molecular weight excluding hydrogens is 393 g/mol. The molecule has 1 atom stereocenters. The molecule has 1 unspecified atom stereocenters. The molecule has 2 aromatic carbocycles. The number of aliphatic imine (C=N–C) groups is 1. The number of anilines is 1. The number of benzene rings is 2. The van der Waals surface area contributed by atoms with Crippen LogP contribution in [0.5, 0.6) is 11.5 Å². The lowest BCUT2D eigenvalue weighted by Gasteiger charge is -2.35. The van der Waals surface area contributed by atoms with Gasteiger partial charge in [0.1, 0.15) is 28.9 Å². The Morgan fingerprint density at radius 2 is 2.16 bits per heavy atom. The minimum absolute atomic E-state index is 0.115. The minimum Gasteiger partial charge on any atom is -0.455 e. The summed E-state index contributed by atoms with van der Waals surface area (Å²) in [5.74, 6) is 0.175. The van der Waals surface area contributed by atoms with E-state index in [4.69, 9.17) is 10.5 Å². The third kappa shape index (κ3) is 3.99. The number of fused-ring (bicyclic) bond motifs is 1. The van der Waals surface area contributed by atoms with Gasteiger partial charge in [0.15, 0.2) is 0 Å². The molecular formula is C24H26FN5O. The van der Waals surface area contributed by atoms with Gasteiger partial charge in [0.2, 0.25) is 0 Å². The lowest BCUT2D eigenvalue weighted by atomic mass is 9.92. The topological polar surface area (TPSA) is 86.7 Å². The monoisotopic (exact) mass is 419 g/mol. The summed E-state index contributed by atoms with van der Waals surface area (Å²) in [6.45, 7) is 3.88. The van der Waals surface area contributed by atoms with Crippen LogP contribution < -0.4 is 20.7 Å². The zero-order valence-corrected chi connectivity index (χ0v) is 17.7. The number of hydrogen-bond acceptors (Lipinski definition) is 6. The Kier molecular flexibility index (Phi) is 5.92. The molecule has 0 amide bonds. The normalized spacial score (nSPS) is 19.1. The summed E-state index contributed by atoms with van der Waals surface area (Å²) in [6, 6.07) is 11.0. The van der Waals surface area contributed by atoms with Gasteiger partial charge in [-0.1, -0.05) is 6.07 Å². The van der Waals surface area contributed by atoms with Crippen LogP contribution in [0.1, 0.15) is 30.0 Å². The molecule has 2 aliphatic rings. The van der Waals surface area contributed by atoms with Crippen LogP contribution >= 0.6 is 0 Å². The smallest absolute Gasteiger partial charge is 0.148 e. The highest BCUT2D eigenvalue weighted by atomic mass is 19.1. The average molecular weight is 420 g/mol. The molecule has 4 rings (SSSR count). The highest BCUT2D eigenvalue weighted by Gasteiger charge is 2.27. The quantitative estimate of drug-likeness (QED) is 0.723. The van der Waals surface area contributed by atoms with Gasteiger partial charge >= 0.3 is 0 Å². The molecule has 0 aliphatic carbocycles. The molecule has 2 heterocycles. The fourth-order valence-electron chi connectivity index (χ4n) is 3.89. The van der Waals surface area contributed by atoms with Gasteiger partial charge in [-0.3, -0.25) is 4.99 Å². The molecule has 1 fully saturated rings. The third-order valence-corrected chi connectivity index (χ3v) is 6.06. The first-order valence-electron chi connectivity index (χ1n) is 10.4. The number of allylic oxidation sites excluding steroid dienone is 1. The maximum Gasteiger partial charge on any atom is 0.148 e. The first-order valence-corrected chi connectivity index (χ1v) is 10.4. The van der Waals surface area contributed by atoms with E-state index in [1.807, 2.05) is 12.1 Å². The maximum absolute atomic E-state index is 14.2. The SMILES string of the molecule is CC1CCc2c(ccc(C(C=NC3CNC3)=CN)c2Oc2cccc(F)c2C#N)N1C. The number of ether oxygens (including phenoxy) is 1. The van der Waals surface area contributed by atoms with Crippen molar-refractivity contribution < 1.29 is 9.13 Å². The van der Waals surface area contributed by atoms with Crippen molar-refractivity contribution in [2.24, 2.45) is 10.7 Å². The van der Waals surface area contributed by atoms with Crippen LogP contribution in [-0.4, -0.2) is 38.4 Å². The van der Waals surface area contributed by atoms with Crippen molar-refractivity contribution in [2.45, 2.75) is 31.8 Å². The van der Waals surface area contributed by atoms with E-state index >= 15 is 0 Å². The minimum atomic E-state index is -0.606. The van der Waals surface area contributed by atoms with Gasteiger partial charge in [-0.15, -0.1) is 0 Å². The van der Waals surface area contributed by atoms with Crippen LogP contribution in [0, 0.1) is 17.1 Å². The molecule has 160 valence electrons. The third-order valence-electron chi connectivity index (χ3n) is 6.06. The predicted molar refractivity (Wildman–Crippen MR) is 121 cm³/mol. The summed E-state index contributed by atoms with van der Waals surface area (Å²) in [5, 5.41) is 12.7. The van der Waals surface area contributed by atoms with Gasteiger partial charge in [0.05, 0.1) is 6.04 Å². The van der Waals surface area contributed by atoms with Crippen molar-refractivity contribution in [3.8, 4) is 17.6 Å². The lowest BCUT2D eigenvalue weighted by molar-refractivity contribution is 0.449. The number of halogens is 1. The second kappa shape index (κ2) is 8.78. The van der Waals surface area contributed by atoms with Crippen LogP contribution in [0.4, 0.5) is 10.1 Å². The Hall–Kier alpha value is -3.37. The van der Waals surface area contributed by atoms with Crippen LogP contribution in [0.3, 0.4) is 0 Å². The zero-order chi connectivity index (χ0) is 22.0. The van der Waals surface area contributed by atoms with E-state index in [2.05, 4.69) is 35.2 Å². The highest BCUT2D eigenvalue weighted by molar-refractivity contribution is 6.11. The Morgan fingerprint density at radius 3 is 2.84 bits per heavy atom. The summed E-state index contributed by atoms with van der Waals surface area (Å²) in [4.78, 5) is 6.81. The zero-order valence-electron chi connectivity index (χ0n) is 17.7. The summed E-state index contributed by atoms with van der Waals surface area (Å²) in [7, 11) is 2.06. The van der Waals surface area contributed by atoms with E-state index in [9.17, 15) is 9.65 Å². The average Bonchev–Trinajstić information content (AvgIpc) is 2.73. The highest BCUT2D eigenvalue weighted by Crippen LogP contribution is 2.43. The largest absolute Gasteiger partial charge is 0.455 e. The number of nitrogens with two attached hydrogens (primary N) is 1. The van der Waals surface area contributed by atoms with Crippen LogP contribution in [0.25, 0.3) is 5.57 Å². The summed E-state index contributed by atoms with van der Waals surface area (Å²) >= 11 is 0. The lowest BCUT2D eigenvalue weighted by Crippen LogP contribution is -2.45. The van der Waals surface area contributed by atoms with E-state index in [0.29, 0.717) is 11.8 Å². The van der Waals surface area contributed by atoms with Gasteiger partial charge in [0.25, 0.3) is 0 Å². The maximum atomic E-state index is 14.2. The fraction of sp³-hybridized carbons (Fsp3) is 0.333. The van der Waals surface area contributed by atoms with Crippen molar-refractivity contribution in [1.29, 1.82) is 5.26 Å². The van der Waals surface area contributed by atoms with Gasteiger partial charge in [-0.25, -0.2) is 4.39 Å². The predicted octanol–water partition coefficient (Wildman–Crippen LogP) is 3.60. The van der Waals surface area contributed by atoms with Crippen LogP contribution in [-0.2, 0) is 6.42 Å². The van der Waals surface area contributed by atoms with Gasteiger partial charge < -0.3 is 20.7 Å². The van der Waals surface area contributed by atoms with E-state index in [1.54, 1.807) is 18.3 Å². The standard InChI is InChI=1S/C24H26FN5O/c1-15-6-7-19-22(30(15)2)9-8-18(16(10-26)12-29-17-13-28-14-17)24(19)31-23-5-3-4-21(25)20(23)11-27/h3-5,8-10,12,15,17,28H,6-7,13-14,26H2,1-2H3. The molecule has 0 bridgehead atoms. The van der Waals surface area contributed by atoms with Crippen molar-refractivity contribution >= 4 is 17.5 Å². The number of hydrogen-bond donors (Lipinski definition) is 2. The number of nitriles is 1. The summed E-state index contributed by atoms with van der Waals surface area (Å²) < 4.78 is 20.5. The van der Waals surface area contributed by atoms with Gasteiger partial charge in [0, 0.05) is 61.0 Å². The molecule has 0 radical (unpaired) electrons. The molecule has 2 aliphatic heterocycles. The van der Waals surface area contributed by atoms with Crippen molar-refractivity contribution in [1.82, 2.24) is 5.32 Å². The van der Waals surface area contributed by atoms with Crippen molar-refractivity contribution in [2.75, 3.05) is 25.0 Å². The fourth-order valence-corrected chi connectivity index (χ4v) is 3.89. The molecule has 0 spiro atoms. The summed E-state index contributed by atoms with van der Waals surface area (Å²) in [5.41, 5.74) is 9.43. The molecule has 1 saturated heterocycles. The number of rotatable bonds is 5. The Bertz CT molecular complexity index is 1080. The Morgan fingerprint density at radius 1 is 1.35 bits per heavy atom. The van der Waals surface area contributed by atoms with Crippen LogP contribution in [0.2, 0.25) is 0 Å². The molecule has 7 heteroatoms. The molecule has 2 aromatic rings. The summed E-state index contributed by atoms with van der Waals surface area (Å²) in [6.07, 6.45) is 5.05. The Labute approximate surface area is 181 Å². The molecule has 0 aromatic heterocycles. The van der Waals surface area contributed by atoms with Gasteiger partial charge in [-0.2, -0.15) is 5.26 Å². The van der Waals surface area contributed by atoms with E-state index in [1.165, 1.54) is 12.3 Å². The molecule has 31 heavy (non-hydrogen) atoms. The van der Waals surface area contributed by atoms with Crippen molar-refractivity contribution in [3.63, 3.8) is 0 Å². The van der Waals surface area contributed by atoms with Gasteiger partial charge in [-0.05, 0) is 44.0 Å². The van der Waals surface area contributed by atoms with E-state index in [0.717, 1.165) is 48.3 Å². The first kappa shape index (κ1) is 20.9. The van der Waals surface area contributed by atoms with E-state index in [-0.39, 0.29) is 17.4 Å². The van der Waals surface area contributed by atoms with Crippen LogP contribution in [0.15, 0.2) is 41.5 Å². The number of nitrogens with zero attached hydrogens (tertiary/aromatic N) is 3.